The van der Waals surface area contributed by atoms with Crippen molar-refractivity contribution in [2.45, 2.75) is 25.8 Å². The van der Waals surface area contributed by atoms with E-state index in [1.165, 1.54) is 0 Å². The molecule has 26 heavy (non-hydrogen) atoms. The van der Waals surface area contributed by atoms with Gasteiger partial charge in [-0.15, -0.1) is 0 Å². The van der Waals surface area contributed by atoms with Crippen LogP contribution in [0, 0.1) is 6.57 Å². The summed E-state index contributed by atoms with van der Waals surface area (Å²) in [6.07, 6.45) is 1.52. The third-order valence-electron chi connectivity index (χ3n) is 4.39. The third-order valence-corrected chi connectivity index (χ3v) is 5.24. The Kier molecular flexibility index (Phi) is 5.85. The van der Waals surface area contributed by atoms with Crippen LogP contribution in [0.5, 0.6) is 5.75 Å². The summed E-state index contributed by atoms with van der Waals surface area (Å²) in [7, 11) is 1.68. The van der Waals surface area contributed by atoms with Gasteiger partial charge < -0.3 is 4.74 Å². The van der Waals surface area contributed by atoms with Gasteiger partial charge in [-0.05, 0) is 55.2 Å². The van der Waals surface area contributed by atoms with Gasteiger partial charge in [0.1, 0.15) is 12.3 Å². The monoisotopic (exact) mass is 431 g/mol. The van der Waals surface area contributed by atoms with Gasteiger partial charge in [-0.3, -0.25) is 4.99 Å². The summed E-state index contributed by atoms with van der Waals surface area (Å²) in [6, 6.07) is 11.9. The standard InChI is InChI=1S/C20H19BrClN3O/c1-13-12-25(23-2)20(24-13)17-5-4-6-18(22)16(17)9-7-14-11-15(21)8-10-19(14)26-3/h4-6,8,10-11,13H,7,9,12H2,1,3H3. The molecule has 6 heteroatoms. The summed E-state index contributed by atoms with van der Waals surface area (Å²) in [5.41, 5.74) is 3.06. The fourth-order valence-electron chi connectivity index (χ4n) is 3.17. The fourth-order valence-corrected chi connectivity index (χ4v) is 3.85. The van der Waals surface area contributed by atoms with E-state index in [2.05, 4.69) is 31.9 Å². The first kappa shape index (κ1) is 18.8. The van der Waals surface area contributed by atoms with Gasteiger partial charge in [-0.2, -0.15) is 11.5 Å². The van der Waals surface area contributed by atoms with Crippen LogP contribution in [0.3, 0.4) is 0 Å². The number of ether oxygens (including phenoxy) is 1. The quantitative estimate of drug-likeness (QED) is 0.609. The highest BCUT2D eigenvalue weighted by Crippen LogP contribution is 2.29. The molecule has 0 N–H and O–H groups in total. The second-order valence-corrected chi connectivity index (χ2v) is 7.53. The zero-order valence-electron chi connectivity index (χ0n) is 14.7. The maximum Gasteiger partial charge on any atom is 0.205 e. The largest absolute Gasteiger partial charge is 0.496 e. The van der Waals surface area contributed by atoms with Gasteiger partial charge in [-0.25, -0.2) is 0 Å². The fraction of sp³-hybridized carbons (Fsp3) is 0.300. The highest BCUT2D eigenvalue weighted by molar-refractivity contribution is 9.10. The van der Waals surface area contributed by atoms with E-state index in [1.807, 2.05) is 37.3 Å². The molecule has 0 aliphatic carbocycles. The predicted molar refractivity (Wildman–Crippen MR) is 109 cm³/mol. The summed E-state index contributed by atoms with van der Waals surface area (Å²) < 4.78 is 6.49. The number of amidine groups is 1. The van der Waals surface area contributed by atoms with Crippen LogP contribution in [-0.4, -0.2) is 30.5 Å². The van der Waals surface area contributed by atoms with Crippen molar-refractivity contribution in [1.82, 2.24) is 5.01 Å². The molecule has 134 valence electrons. The van der Waals surface area contributed by atoms with Gasteiger partial charge in [0.2, 0.25) is 5.84 Å². The van der Waals surface area contributed by atoms with Gasteiger partial charge in [-0.1, -0.05) is 44.7 Å². The Bertz CT molecular complexity index is 891. The summed E-state index contributed by atoms with van der Waals surface area (Å²) >= 11 is 10.0. The first-order chi connectivity index (χ1) is 12.5. The number of methoxy groups -OCH3 is 1. The summed E-state index contributed by atoms with van der Waals surface area (Å²) in [6.45, 7) is 10.1. The molecule has 0 bridgehead atoms. The molecule has 0 fully saturated rings. The minimum atomic E-state index is 0.108. The molecule has 0 amide bonds. The zero-order valence-corrected chi connectivity index (χ0v) is 17.0. The molecule has 2 aromatic rings. The van der Waals surface area contributed by atoms with Gasteiger partial charge in [0.05, 0.1) is 13.2 Å². The Labute approximate surface area is 167 Å². The number of hydrogen-bond acceptors (Lipinski definition) is 3. The average molecular weight is 433 g/mol. The summed E-state index contributed by atoms with van der Waals surface area (Å²) in [4.78, 5) is 8.26. The SMILES string of the molecule is [C-]#[N+]N1CC(C)N=C1c1cccc(Cl)c1CCc1cc(Br)ccc1OC. The molecule has 0 spiro atoms. The summed E-state index contributed by atoms with van der Waals surface area (Å²) in [5, 5.41) is 2.32. The molecular formula is C20H19BrClN3O. The Morgan fingerprint density at radius 2 is 2.15 bits per heavy atom. The zero-order chi connectivity index (χ0) is 18.7. The maximum atomic E-state index is 7.42. The molecule has 1 aliphatic heterocycles. The highest BCUT2D eigenvalue weighted by Gasteiger charge is 2.30. The number of halogens is 2. The van der Waals surface area contributed by atoms with E-state index >= 15 is 0 Å². The Balaban J connectivity index is 1.93. The van der Waals surface area contributed by atoms with Crippen molar-refractivity contribution in [2.24, 2.45) is 4.99 Å². The molecule has 2 aromatic carbocycles. The first-order valence-corrected chi connectivity index (χ1v) is 9.53. The lowest BCUT2D eigenvalue weighted by molar-refractivity contribution is 0.409. The molecule has 1 aliphatic rings. The second-order valence-electron chi connectivity index (χ2n) is 6.21. The van der Waals surface area contributed by atoms with Crippen molar-refractivity contribution in [2.75, 3.05) is 13.7 Å². The van der Waals surface area contributed by atoms with Crippen LogP contribution < -0.4 is 4.74 Å². The molecule has 3 rings (SSSR count). The van der Waals surface area contributed by atoms with Crippen LogP contribution in [0.2, 0.25) is 5.02 Å². The van der Waals surface area contributed by atoms with E-state index < -0.39 is 0 Å². The molecule has 1 atom stereocenters. The van der Waals surface area contributed by atoms with Crippen LogP contribution in [0.15, 0.2) is 45.9 Å². The van der Waals surface area contributed by atoms with E-state index in [-0.39, 0.29) is 6.04 Å². The highest BCUT2D eigenvalue weighted by atomic mass is 79.9. The lowest BCUT2D eigenvalue weighted by Crippen LogP contribution is -2.23. The van der Waals surface area contributed by atoms with Crippen molar-refractivity contribution in [1.29, 1.82) is 0 Å². The van der Waals surface area contributed by atoms with Crippen molar-refractivity contribution >= 4 is 33.4 Å². The molecule has 0 aromatic heterocycles. The maximum absolute atomic E-state index is 7.42. The lowest BCUT2D eigenvalue weighted by Gasteiger charge is -2.14. The minimum Gasteiger partial charge on any atom is -0.496 e. The lowest BCUT2D eigenvalue weighted by atomic mass is 9.98. The molecule has 0 saturated heterocycles. The summed E-state index contributed by atoms with van der Waals surface area (Å²) in [5.74, 6) is 1.57. The van der Waals surface area contributed by atoms with Crippen LogP contribution in [0.25, 0.3) is 4.95 Å². The van der Waals surface area contributed by atoms with E-state index in [0.29, 0.717) is 17.4 Å². The van der Waals surface area contributed by atoms with Crippen molar-refractivity contribution in [3.8, 4) is 5.75 Å². The number of aliphatic imine (C=N–C) groups is 1. The van der Waals surface area contributed by atoms with Gasteiger partial charge >= 0.3 is 0 Å². The third kappa shape index (κ3) is 3.87. The topological polar surface area (TPSA) is 29.2 Å². The van der Waals surface area contributed by atoms with Crippen LogP contribution >= 0.6 is 27.5 Å². The van der Waals surface area contributed by atoms with Crippen LogP contribution in [-0.2, 0) is 12.8 Å². The molecule has 1 heterocycles. The second kappa shape index (κ2) is 8.11. The van der Waals surface area contributed by atoms with Crippen LogP contribution in [0.1, 0.15) is 23.6 Å². The van der Waals surface area contributed by atoms with Crippen molar-refractivity contribution in [3.05, 3.63) is 74.1 Å². The number of hydrogen-bond donors (Lipinski definition) is 0. The van der Waals surface area contributed by atoms with E-state index in [1.54, 1.807) is 12.1 Å². The average Bonchev–Trinajstić information content (AvgIpc) is 3.01. The van der Waals surface area contributed by atoms with E-state index in [9.17, 15) is 0 Å². The predicted octanol–water partition coefficient (Wildman–Crippen LogP) is 5.18. The van der Waals surface area contributed by atoms with E-state index in [0.717, 1.165) is 39.8 Å². The number of rotatable bonds is 5. The smallest absolute Gasteiger partial charge is 0.205 e. The number of benzene rings is 2. The Hall–Kier alpha value is -2.03. The normalized spacial score (nSPS) is 16.3. The molecule has 0 radical (unpaired) electrons. The minimum absolute atomic E-state index is 0.108. The molecule has 1 unspecified atom stereocenters. The van der Waals surface area contributed by atoms with Crippen molar-refractivity contribution in [3.63, 3.8) is 0 Å². The Morgan fingerprint density at radius 1 is 1.35 bits per heavy atom. The van der Waals surface area contributed by atoms with Crippen molar-refractivity contribution < 1.29 is 4.74 Å². The van der Waals surface area contributed by atoms with E-state index in [4.69, 9.17) is 22.9 Å². The first-order valence-electron chi connectivity index (χ1n) is 8.36. The van der Waals surface area contributed by atoms with Crippen LogP contribution in [0.4, 0.5) is 0 Å². The number of nitrogens with zero attached hydrogens (tertiary/aromatic N) is 3. The van der Waals surface area contributed by atoms with Gasteiger partial charge in [0, 0.05) is 15.1 Å². The van der Waals surface area contributed by atoms with Gasteiger partial charge in [0.25, 0.3) is 0 Å². The van der Waals surface area contributed by atoms with Gasteiger partial charge in [0.15, 0.2) is 0 Å². The molecule has 0 saturated carbocycles. The molecular weight excluding hydrogens is 414 g/mol. The molecule has 4 nitrogen and oxygen atoms in total. The Morgan fingerprint density at radius 3 is 2.88 bits per heavy atom. The number of aryl methyl sites for hydroxylation is 1.